The fraction of sp³-hybridized carbons (Fsp3) is 0.550. The summed E-state index contributed by atoms with van der Waals surface area (Å²) >= 11 is 1.36. The molecule has 0 unspecified atom stereocenters. The van der Waals surface area contributed by atoms with Crippen LogP contribution in [0.15, 0.2) is 29.4 Å². The highest BCUT2D eigenvalue weighted by Gasteiger charge is 2.22. The van der Waals surface area contributed by atoms with E-state index in [1.54, 1.807) is 0 Å². The van der Waals surface area contributed by atoms with Crippen LogP contribution >= 0.6 is 11.8 Å². The van der Waals surface area contributed by atoms with Crippen LogP contribution < -0.4 is 5.32 Å². The molecule has 4 rings (SSSR count). The molecule has 154 valence electrons. The smallest absolute Gasteiger partial charge is 0.253 e. The zero-order chi connectivity index (χ0) is 20.1. The molecular formula is C20H26N6O2S. The second-order valence-electron chi connectivity index (χ2n) is 7.61. The van der Waals surface area contributed by atoms with Crippen molar-refractivity contribution in [1.29, 1.82) is 0 Å². The highest BCUT2D eigenvalue weighted by Crippen LogP contribution is 2.31. The van der Waals surface area contributed by atoms with E-state index >= 15 is 0 Å². The maximum atomic E-state index is 12.5. The maximum absolute atomic E-state index is 12.5. The fourth-order valence-corrected chi connectivity index (χ4v) is 4.73. The number of likely N-dealkylation sites (tertiary alicyclic amines) is 1. The Balaban J connectivity index is 1.27. The Morgan fingerprint density at radius 2 is 1.93 bits per heavy atom. The Morgan fingerprint density at radius 1 is 1.14 bits per heavy atom. The van der Waals surface area contributed by atoms with Gasteiger partial charge in [0, 0.05) is 25.2 Å². The van der Waals surface area contributed by atoms with Crippen molar-refractivity contribution >= 4 is 23.6 Å². The van der Waals surface area contributed by atoms with Crippen LogP contribution in [0.25, 0.3) is 0 Å². The third-order valence-electron chi connectivity index (χ3n) is 5.52. The van der Waals surface area contributed by atoms with E-state index in [9.17, 15) is 9.59 Å². The molecule has 2 aromatic rings. The largest absolute Gasteiger partial charge is 0.351 e. The second-order valence-corrected chi connectivity index (χ2v) is 8.55. The summed E-state index contributed by atoms with van der Waals surface area (Å²) in [5.41, 5.74) is 1.60. The van der Waals surface area contributed by atoms with E-state index < -0.39 is 0 Å². The van der Waals surface area contributed by atoms with Gasteiger partial charge >= 0.3 is 0 Å². The van der Waals surface area contributed by atoms with Gasteiger partial charge in [-0.05, 0) is 53.8 Å². The second kappa shape index (κ2) is 9.39. The molecule has 2 amide bonds. The van der Waals surface area contributed by atoms with Gasteiger partial charge in [-0.1, -0.05) is 36.7 Å². The minimum Gasteiger partial charge on any atom is -0.351 e. The summed E-state index contributed by atoms with van der Waals surface area (Å²) in [6.07, 6.45) is 6.74. The molecule has 1 N–H and O–H groups in total. The van der Waals surface area contributed by atoms with Gasteiger partial charge in [0.25, 0.3) is 5.91 Å². The molecule has 1 saturated carbocycles. The van der Waals surface area contributed by atoms with Gasteiger partial charge in [-0.3, -0.25) is 9.59 Å². The average Bonchev–Trinajstić information content (AvgIpc) is 3.51. The number of rotatable bonds is 7. The quantitative estimate of drug-likeness (QED) is 0.700. The van der Waals surface area contributed by atoms with E-state index in [0.717, 1.165) is 44.3 Å². The topological polar surface area (TPSA) is 93.0 Å². The predicted octanol–water partition coefficient (Wildman–Crippen LogP) is 2.43. The zero-order valence-corrected chi connectivity index (χ0v) is 17.2. The lowest BCUT2D eigenvalue weighted by Crippen LogP contribution is -2.28. The van der Waals surface area contributed by atoms with Crippen LogP contribution in [0, 0.1) is 0 Å². The van der Waals surface area contributed by atoms with Gasteiger partial charge in [-0.15, -0.1) is 5.10 Å². The van der Waals surface area contributed by atoms with E-state index in [1.165, 1.54) is 24.6 Å². The Kier molecular flexibility index (Phi) is 6.43. The molecule has 2 fully saturated rings. The van der Waals surface area contributed by atoms with E-state index in [0.29, 0.717) is 23.3 Å². The van der Waals surface area contributed by atoms with Crippen molar-refractivity contribution in [2.24, 2.45) is 0 Å². The van der Waals surface area contributed by atoms with Crippen LogP contribution in [-0.4, -0.2) is 55.8 Å². The highest BCUT2D eigenvalue weighted by molar-refractivity contribution is 7.99. The van der Waals surface area contributed by atoms with Crippen LogP contribution in [0.4, 0.5) is 0 Å². The number of aromatic nitrogens is 4. The van der Waals surface area contributed by atoms with Crippen LogP contribution in [0.5, 0.6) is 0 Å². The van der Waals surface area contributed by atoms with Crippen molar-refractivity contribution in [2.45, 2.75) is 56.3 Å². The number of nitrogens with one attached hydrogen (secondary N) is 1. The number of hydrogen-bond acceptors (Lipinski definition) is 6. The molecule has 0 spiro atoms. The predicted molar refractivity (Wildman–Crippen MR) is 109 cm³/mol. The lowest BCUT2D eigenvalue weighted by Gasteiger charge is -2.15. The number of carbonyl (C=O) groups excluding carboxylic acids is 2. The molecule has 1 saturated heterocycles. The van der Waals surface area contributed by atoms with E-state index in [1.807, 2.05) is 33.8 Å². The number of nitrogens with zero attached hydrogens (tertiary/aromatic N) is 5. The molecule has 1 aliphatic carbocycles. The summed E-state index contributed by atoms with van der Waals surface area (Å²) in [5.74, 6) is 0.261. The van der Waals surface area contributed by atoms with Gasteiger partial charge in [-0.25, -0.2) is 4.68 Å². The SMILES string of the molecule is O=C(CSc1nnnn1C1CCCC1)NCc1cccc(C(=O)N2CCCC2)c1. The molecule has 1 aromatic heterocycles. The zero-order valence-electron chi connectivity index (χ0n) is 16.4. The molecule has 8 nitrogen and oxygen atoms in total. The molecule has 1 aliphatic heterocycles. The van der Waals surface area contributed by atoms with Crippen LogP contribution in [-0.2, 0) is 11.3 Å². The molecule has 1 aromatic carbocycles. The minimum atomic E-state index is -0.0766. The molecule has 2 heterocycles. The summed E-state index contributed by atoms with van der Waals surface area (Å²) in [6.45, 7) is 2.06. The van der Waals surface area contributed by atoms with Gasteiger partial charge in [0.2, 0.25) is 11.1 Å². The van der Waals surface area contributed by atoms with Crippen LogP contribution in [0.2, 0.25) is 0 Å². The van der Waals surface area contributed by atoms with Crippen LogP contribution in [0.1, 0.15) is 60.5 Å². The summed E-state index contributed by atoms with van der Waals surface area (Å²) in [5, 5.41) is 15.6. The lowest BCUT2D eigenvalue weighted by molar-refractivity contribution is -0.118. The number of thioether (sulfide) groups is 1. The standard InChI is InChI=1S/C20H26N6O2S/c27-18(14-29-20-22-23-24-26(20)17-8-1-2-9-17)21-13-15-6-5-7-16(12-15)19(28)25-10-3-4-11-25/h5-7,12,17H,1-4,8-11,13-14H2,(H,21,27). The van der Waals surface area contributed by atoms with Crippen molar-refractivity contribution in [1.82, 2.24) is 30.4 Å². The normalized spacial score (nSPS) is 17.0. The molecular weight excluding hydrogens is 388 g/mol. The number of tetrazole rings is 1. The monoisotopic (exact) mass is 414 g/mol. The summed E-state index contributed by atoms with van der Waals surface area (Å²) in [7, 11) is 0. The molecule has 2 aliphatic rings. The summed E-state index contributed by atoms with van der Waals surface area (Å²) in [6, 6.07) is 7.86. The molecule has 29 heavy (non-hydrogen) atoms. The number of amides is 2. The number of benzene rings is 1. The van der Waals surface area contributed by atoms with Gasteiger partial charge in [0.15, 0.2) is 0 Å². The maximum Gasteiger partial charge on any atom is 0.253 e. The van der Waals surface area contributed by atoms with E-state index in [4.69, 9.17) is 0 Å². The third-order valence-corrected chi connectivity index (χ3v) is 6.46. The first-order valence-electron chi connectivity index (χ1n) is 10.3. The van der Waals surface area contributed by atoms with Crippen LogP contribution in [0.3, 0.4) is 0 Å². The minimum absolute atomic E-state index is 0.0741. The Morgan fingerprint density at radius 3 is 2.72 bits per heavy atom. The summed E-state index contributed by atoms with van der Waals surface area (Å²) < 4.78 is 1.86. The van der Waals surface area contributed by atoms with Crippen molar-refractivity contribution in [3.63, 3.8) is 0 Å². The van der Waals surface area contributed by atoms with Crippen molar-refractivity contribution in [2.75, 3.05) is 18.8 Å². The first kappa shape index (κ1) is 19.9. The van der Waals surface area contributed by atoms with Crippen molar-refractivity contribution in [3.05, 3.63) is 35.4 Å². The van der Waals surface area contributed by atoms with Crippen molar-refractivity contribution in [3.8, 4) is 0 Å². The van der Waals surface area contributed by atoms with E-state index in [2.05, 4.69) is 20.8 Å². The Hall–Kier alpha value is -2.42. The lowest BCUT2D eigenvalue weighted by atomic mass is 10.1. The van der Waals surface area contributed by atoms with Gasteiger partial charge in [0.1, 0.15) is 0 Å². The Labute approximate surface area is 174 Å². The number of carbonyl (C=O) groups is 2. The first-order chi connectivity index (χ1) is 14.2. The molecule has 0 atom stereocenters. The van der Waals surface area contributed by atoms with E-state index in [-0.39, 0.29) is 17.6 Å². The molecule has 0 bridgehead atoms. The third kappa shape index (κ3) is 4.95. The van der Waals surface area contributed by atoms with Crippen molar-refractivity contribution < 1.29 is 9.59 Å². The highest BCUT2D eigenvalue weighted by atomic mass is 32.2. The van der Waals surface area contributed by atoms with Gasteiger partial charge < -0.3 is 10.2 Å². The van der Waals surface area contributed by atoms with Gasteiger partial charge in [0.05, 0.1) is 11.8 Å². The summed E-state index contributed by atoms with van der Waals surface area (Å²) in [4.78, 5) is 26.7. The molecule has 0 radical (unpaired) electrons. The Bertz CT molecular complexity index is 858. The van der Waals surface area contributed by atoms with Gasteiger partial charge in [-0.2, -0.15) is 0 Å². The first-order valence-corrected chi connectivity index (χ1v) is 11.2. The fourth-order valence-electron chi connectivity index (χ4n) is 3.96. The average molecular weight is 415 g/mol. The molecule has 9 heteroatoms. The number of hydrogen-bond donors (Lipinski definition) is 1.